The number of methoxy groups -OCH3 is 1. The first-order valence-electron chi connectivity index (χ1n) is 8.87. The first-order chi connectivity index (χ1) is 12.9. The average molecular weight is 388 g/mol. The molecule has 1 saturated carbocycles. The number of aryl methyl sites for hydroxylation is 1. The molecule has 2 aromatic carbocycles. The van der Waals surface area contributed by atoms with Crippen LogP contribution in [0.3, 0.4) is 0 Å². The Morgan fingerprint density at radius 2 is 1.89 bits per heavy atom. The predicted molar refractivity (Wildman–Crippen MR) is 99.2 cm³/mol. The molecule has 4 rings (SSSR count). The molecule has 0 N–H and O–H groups in total. The number of non-ortho nitro benzene ring substituents is 1. The van der Waals surface area contributed by atoms with Gasteiger partial charge in [0.05, 0.1) is 18.1 Å². The summed E-state index contributed by atoms with van der Waals surface area (Å²) in [5.41, 5.74) is 1.92. The highest BCUT2D eigenvalue weighted by Gasteiger charge is 2.46. The summed E-state index contributed by atoms with van der Waals surface area (Å²) in [5.74, 6) is 0.123. The summed E-state index contributed by atoms with van der Waals surface area (Å²) >= 11 is 0. The van der Waals surface area contributed by atoms with Gasteiger partial charge in [0, 0.05) is 18.2 Å². The van der Waals surface area contributed by atoms with Crippen molar-refractivity contribution < 1.29 is 18.1 Å². The standard InChI is InChI=1S/C19H20N2O5S/c1-26-18-11-9-15(21(22)23)12-19(18)27(24,25)20(14-7-8-14)17-10-6-13-4-2-3-5-16(13)17/h2-5,9,11-12,14,17H,6-8,10H2,1H3. The Balaban J connectivity index is 1.82. The van der Waals surface area contributed by atoms with Crippen molar-refractivity contribution in [3.63, 3.8) is 0 Å². The molecule has 0 heterocycles. The highest BCUT2D eigenvalue weighted by atomic mass is 32.2. The van der Waals surface area contributed by atoms with Crippen molar-refractivity contribution in [2.45, 2.75) is 42.7 Å². The molecule has 2 aliphatic carbocycles. The van der Waals surface area contributed by atoms with Gasteiger partial charge in [0.2, 0.25) is 10.0 Å². The summed E-state index contributed by atoms with van der Waals surface area (Å²) < 4.78 is 34.0. The van der Waals surface area contributed by atoms with Crippen molar-refractivity contribution in [1.29, 1.82) is 0 Å². The van der Waals surface area contributed by atoms with Crippen LogP contribution in [0, 0.1) is 10.1 Å². The summed E-state index contributed by atoms with van der Waals surface area (Å²) in [6, 6.07) is 11.3. The van der Waals surface area contributed by atoms with Crippen LogP contribution in [0.5, 0.6) is 5.75 Å². The Bertz CT molecular complexity index is 1000. The van der Waals surface area contributed by atoms with E-state index in [9.17, 15) is 18.5 Å². The largest absolute Gasteiger partial charge is 0.495 e. The normalized spacial score (nSPS) is 19.1. The Hall–Kier alpha value is -2.45. The minimum absolute atomic E-state index is 0.0740. The lowest BCUT2D eigenvalue weighted by molar-refractivity contribution is -0.385. The van der Waals surface area contributed by atoms with E-state index >= 15 is 0 Å². The summed E-state index contributed by atoms with van der Waals surface area (Å²) in [5, 5.41) is 11.2. The molecule has 2 aromatic rings. The van der Waals surface area contributed by atoms with Crippen LogP contribution in [-0.2, 0) is 16.4 Å². The molecule has 0 amide bonds. The molecule has 8 heteroatoms. The van der Waals surface area contributed by atoms with Crippen LogP contribution >= 0.6 is 0 Å². The molecular formula is C19H20N2O5S. The fraction of sp³-hybridized carbons (Fsp3) is 0.368. The van der Waals surface area contributed by atoms with Crippen molar-refractivity contribution in [3.8, 4) is 5.75 Å². The maximum absolute atomic E-state index is 13.6. The van der Waals surface area contributed by atoms with Gasteiger partial charge < -0.3 is 4.74 Å². The van der Waals surface area contributed by atoms with E-state index < -0.39 is 14.9 Å². The maximum atomic E-state index is 13.6. The van der Waals surface area contributed by atoms with Gasteiger partial charge in [-0.15, -0.1) is 0 Å². The van der Waals surface area contributed by atoms with Gasteiger partial charge in [0.25, 0.3) is 5.69 Å². The van der Waals surface area contributed by atoms with Gasteiger partial charge in [0.15, 0.2) is 0 Å². The second kappa shape index (κ2) is 6.61. The highest BCUT2D eigenvalue weighted by Crippen LogP contribution is 2.46. The molecule has 27 heavy (non-hydrogen) atoms. The lowest BCUT2D eigenvalue weighted by Crippen LogP contribution is -2.36. The highest BCUT2D eigenvalue weighted by molar-refractivity contribution is 7.89. The number of sulfonamides is 1. The molecule has 1 fully saturated rings. The van der Waals surface area contributed by atoms with Crippen molar-refractivity contribution in [1.82, 2.24) is 4.31 Å². The number of rotatable bonds is 6. The fourth-order valence-corrected chi connectivity index (χ4v) is 5.90. The quantitative estimate of drug-likeness (QED) is 0.558. The van der Waals surface area contributed by atoms with E-state index in [0.717, 1.165) is 36.5 Å². The lowest BCUT2D eigenvalue weighted by atomic mass is 10.1. The number of benzene rings is 2. The number of fused-ring (bicyclic) bond motifs is 1. The minimum Gasteiger partial charge on any atom is -0.495 e. The first kappa shape index (κ1) is 17.9. The van der Waals surface area contributed by atoms with Crippen molar-refractivity contribution in [2.24, 2.45) is 0 Å². The summed E-state index contributed by atoms with van der Waals surface area (Å²) in [4.78, 5) is 10.4. The number of ether oxygens (including phenoxy) is 1. The van der Waals surface area contributed by atoms with E-state index in [2.05, 4.69) is 0 Å². The Morgan fingerprint density at radius 1 is 1.15 bits per heavy atom. The van der Waals surface area contributed by atoms with Crippen molar-refractivity contribution in [3.05, 3.63) is 63.7 Å². The van der Waals surface area contributed by atoms with Crippen LogP contribution in [0.1, 0.15) is 36.4 Å². The smallest absolute Gasteiger partial charge is 0.271 e. The summed E-state index contributed by atoms with van der Waals surface area (Å²) in [6.07, 6.45) is 3.14. The Kier molecular flexibility index (Phi) is 4.39. The molecule has 142 valence electrons. The molecule has 2 aliphatic rings. The zero-order chi connectivity index (χ0) is 19.2. The van der Waals surface area contributed by atoms with Gasteiger partial charge in [-0.1, -0.05) is 24.3 Å². The molecule has 0 radical (unpaired) electrons. The van der Waals surface area contributed by atoms with Crippen LogP contribution < -0.4 is 4.74 Å². The third-order valence-electron chi connectivity index (χ3n) is 5.23. The minimum atomic E-state index is -3.96. The molecular weight excluding hydrogens is 368 g/mol. The van der Waals surface area contributed by atoms with E-state index in [0.29, 0.717) is 6.42 Å². The topological polar surface area (TPSA) is 89.7 Å². The summed E-state index contributed by atoms with van der Waals surface area (Å²) in [6.45, 7) is 0. The molecule has 7 nitrogen and oxygen atoms in total. The maximum Gasteiger partial charge on any atom is 0.271 e. The molecule has 1 unspecified atom stereocenters. The van der Waals surface area contributed by atoms with Gasteiger partial charge in [-0.25, -0.2) is 8.42 Å². The van der Waals surface area contributed by atoms with Crippen LogP contribution in [0.4, 0.5) is 5.69 Å². The first-order valence-corrected chi connectivity index (χ1v) is 10.3. The number of nitro benzene ring substituents is 1. The van der Waals surface area contributed by atoms with E-state index in [1.165, 1.54) is 19.2 Å². The molecule has 1 atom stereocenters. The van der Waals surface area contributed by atoms with Gasteiger partial charge in [-0.3, -0.25) is 10.1 Å². The number of hydrogen-bond acceptors (Lipinski definition) is 5. The number of nitro groups is 1. The monoisotopic (exact) mass is 388 g/mol. The van der Waals surface area contributed by atoms with Crippen molar-refractivity contribution >= 4 is 15.7 Å². The molecule has 0 spiro atoms. The molecule has 0 aliphatic heterocycles. The second-order valence-electron chi connectivity index (χ2n) is 6.91. The summed E-state index contributed by atoms with van der Waals surface area (Å²) in [7, 11) is -2.59. The fourth-order valence-electron chi connectivity index (χ4n) is 3.84. The SMILES string of the molecule is COc1ccc([N+](=O)[O-])cc1S(=O)(=O)N(C1CC1)C1CCc2ccccc21. The van der Waals surface area contributed by atoms with Gasteiger partial charge in [-0.2, -0.15) is 4.31 Å². The molecule has 0 bridgehead atoms. The second-order valence-corrected chi connectivity index (χ2v) is 8.72. The van der Waals surface area contributed by atoms with Crippen molar-refractivity contribution in [2.75, 3.05) is 7.11 Å². The van der Waals surface area contributed by atoms with Crippen LogP contribution in [0.15, 0.2) is 47.4 Å². The van der Waals surface area contributed by atoms with Crippen LogP contribution in [0.2, 0.25) is 0 Å². The third kappa shape index (κ3) is 3.08. The number of nitrogens with zero attached hydrogens (tertiary/aromatic N) is 2. The Morgan fingerprint density at radius 3 is 2.56 bits per heavy atom. The zero-order valence-corrected chi connectivity index (χ0v) is 15.7. The van der Waals surface area contributed by atoms with E-state index in [4.69, 9.17) is 4.74 Å². The zero-order valence-electron chi connectivity index (χ0n) is 14.9. The predicted octanol–water partition coefficient (Wildman–Crippen LogP) is 3.44. The van der Waals surface area contributed by atoms with Gasteiger partial charge in [0.1, 0.15) is 10.6 Å². The molecule has 0 saturated heterocycles. The average Bonchev–Trinajstić information content (AvgIpc) is 3.40. The van der Waals surface area contributed by atoms with Gasteiger partial charge >= 0.3 is 0 Å². The third-order valence-corrected chi connectivity index (χ3v) is 7.21. The number of hydrogen-bond donors (Lipinski definition) is 0. The van der Waals surface area contributed by atoms with E-state index in [1.807, 2.05) is 24.3 Å². The van der Waals surface area contributed by atoms with Gasteiger partial charge in [-0.05, 0) is 42.9 Å². The van der Waals surface area contributed by atoms with E-state index in [-0.39, 0.29) is 28.4 Å². The van der Waals surface area contributed by atoms with Crippen LogP contribution in [-0.4, -0.2) is 30.8 Å². The van der Waals surface area contributed by atoms with Crippen LogP contribution in [0.25, 0.3) is 0 Å². The van der Waals surface area contributed by atoms with E-state index in [1.54, 1.807) is 4.31 Å². The Labute approximate surface area is 157 Å². The lowest BCUT2D eigenvalue weighted by Gasteiger charge is -2.29. The molecule has 0 aromatic heterocycles.